The molecule has 0 bridgehead atoms. The van der Waals surface area contributed by atoms with Crippen LogP contribution in [0.1, 0.15) is 62.6 Å². The van der Waals surface area contributed by atoms with Crippen molar-refractivity contribution in [3.05, 3.63) is 65.2 Å². The van der Waals surface area contributed by atoms with Crippen LogP contribution in [0.5, 0.6) is 5.75 Å². The lowest BCUT2D eigenvalue weighted by molar-refractivity contribution is -0.133. The normalized spacial score (nSPS) is 19.5. The van der Waals surface area contributed by atoms with Crippen LogP contribution in [0.3, 0.4) is 0 Å². The van der Waals surface area contributed by atoms with Crippen LogP contribution in [0.2, 0.25) is 0 Å². The van der Waals surface area contributed by atoms with Crippen LogP contribution >= 0.6 is 0 Å². The van der Waals surface area contributed by atoms with Crippen LogP contribution in [0.15, 0.2) is 42.5 Å². The molecule has 1 aliphatic heterocycles. The van der Waals surface area contributed by atoms with E-state index in [4.69, 9.17) is 9.47 Å². The Balaban J connectivity index is 1.99. The van der Waals surface area contributed by atoms with E-state index in [1.54, 1.807) is 31.4 Å². The van der Waals surface area contributed by atoms with E-state index in [2.05, 4.69) is 13.8 Å². The molecular weight excluding hydrogens is 482 g/mol. The van der Waals surface area contributed by atoms with Crippen molar-refractivity contribution in [2.24, 2.45) is 0 Å². The van der Waals surface area contributed by atoms with Gasteiger partial charge in [0.05, 0.1) is 19.7 Å². The lowest BCUT2D eigenvalue weighted by Gasteiger charge is -2.30. The Morgan fingerprint density at radius 3 is 2.16 bits per heavy atom. The van der Waals surface area contributed by atoms with Crippen molar-refractivity contribution in [2.45, 2.75) is 57.6 Å². The average molecular weight is 519 g/mol. The van der Waals surface area contributed by atoms with Gasteiger partial charge in [-0.3, -0.25) is 9.69 Å². The number of carboxylic acid groups (broad SMARTS) is 1. The van der Waals surface area contributed by atoms with Gasteiger partial charge in [0.15, 0.2) is 11.6 Å². The standard InChI is InChI=1S/C28H36F2N2O5/c1-4-6-14-31(15-7-5-2)25(33)18-32-17-22(20-10-13-23(29)24(30)16-20)27(37-28(34)35)26(32)19-8-11-21(36-3)12-9-19/h8-13,16,22,26-27H,4-7,14-15,17-18H2,1-3H3,(H,34,35)/t22-,26-,27+/m1/s1. The number of hydrogen-bond acceptors (Lipinski definition) is 5. The van der Waals surface area contributed by atoms with Gasteiger partial charge < -0.3 is 19.5 Å². The highest BCUT2D eigenvalue weighted by atomic mass is 19.2. The second-order valence-corrected chi connectivity index (χ2v) is 9.36. The number of halogens is 2. The Hall–Kier alpha value is -3.20. The highest BCUT2D eigenvalue weighted by molar-refractivity contribution is 5.78. The van der Waals surface area contributed by atoms with E-state index in [-0.39, 0.29) is 19.0 Å². The van der Waals surface area contributed by atoms with Crippen molar-refractivity contribution >= 4 is 12.1 Å². The fraction of sp³-hybridized carbons (Fsp3) is 0.500. The first kappa shape index (κ1) is 28.4. The number of likely N-dealkylation sites (tertiary alicyclic amines) is 1. The number of carbonyl (C=O) groups is 2. The third-order valence-electron chi connectivity index (χ3n) is 6.85. The minimum absolute atomic E-state index is 0.0454. The molecule has 1 saturated heterocycles. The van der Waals surface area contributed by atoms with Crippen molar-refractivity contribution in [1.82, 2.24) is 9.80 Å². The summed E-state index contributed by atoms with van der Waals surface area (Å²) >= 11 is 0. The summed E-state index contributed by atoms with van der Waals surface area (Å²) in [5.41, 5.74) is 1.14. The highest BCUT2D eigenvalue weighted by Crippen LogP contribution is 2.43. The van der Waals surface area contributed by atoms with Gasteiger partial charge in [-0.05, 0) is 48.2 Å². The van der Waals surface area contributed by atoms with E-state index in [1.165, 1.54) is 6.07 Å². The van der Waals surface area contributed by atoms with E-state index >= 15 is 0 Å². The fourth-order valence-corrected chi connectivity index (χ4v) is 4.90. The summed E-state index contributed by atoms with van der Waals surface area (Å²) in [6.07, 6.45) is 1.28. The van der Waals surface area contributed by atoms with Crippen molar-refractivity contribution in [3.63, 3.8) is 0 Å². The summed E-state index contributed by atoms with van der Waals surface area (Å²) in [6.45, 7) is 5.73. The van der Waals surface area contributed by atoms with Gasteiger partial charge in [-0.2, -0.15) is 0 Å². The maximum Gasteiger partial charge on any atom is 0.506 e. The van der Waals surface area contributed by atoms with Gasteiger partial charge in [-0.15, -0.1) is 0 Å². The third kappa shape index (κ3) is 7.19. The van der Waals surface area contributed by atoms with E-state index < -0.39 is 35.9 Å². The van der Waals surface area contributed by atoms with Gasteiger partial charge >= 0.3 is 6.16 Å². The summed E-state index contributed by atoms with van der Waals surface area (Å²) in [6, 6.07) is 10.0. The van der Waals surface area contributed by atoms with Crippen LogP contribution in [0.25, 0.3) is 0 Å². The van der Waals surface area contributed by atoms with Crippen molar-refractivity contribution < 1.29 is 33.0 Å². The molecule has 0 spiro atoms. The fourth-order valence-electron chi connectivity index (χ4n) is 4.90. The molecule has 37 heavy (non-hydrogen) atoms. The number of benzene rings is 2. The van der Waals surface area contributed by atoms with Gasteiger partial charge in [0.25, 0.3) is 0 Å². The Morgan fingerprint density at radius 2 is 1.62 bits per heavy atom. The topological polar surface area (TPSA) is 79.3 Å². The second-order valence-electron chi connectivity index (χ2n) is 9.36. The number of rotatable bonds is 12. The molecule has 2 aromatic carbocycles. The molecular formula is C28H36F2N2O5. The Morgan fingerprint density at radius 1 is 1.00 bits per heavy atom. The molecule has 1 amide bonds. The molecule has 0 unspecified atom stereocenters. The van der Waals surface area contributed by atoms with Crippen molar-refractivity contribution in [3.8, 4) is 5.75 Å². The smallest absolute Gasteiger partial charge is 0.497 e. The van der Waals surface area contributed by atoms with Crippen LogP contribution in [0, 0.1) is 11.6 Å². The van der Waals surface area contributed by atoms with Crippen LogP contribution < -0.4 is 4.74 Å². The lowest BCUT2D eigenvalue weighted by atomic mass is 9.90. The minimum Gasteiger partial charge on any atom is -0.497 e. The molecule has 3 atom stereocenters. The molecule has 2 aromatic rings. The predicted molar refractivity (Wildman–Crippen MR) is 136 cm³/mol. The number of nitrogens with zero attached hydrogens (tertiary/aromatic N) is 2. The number of amides is 1. The molecule has 1 fully saturated rings. The van der Waals surface area contributed by atoms with E-state index in [0.29, 0.717) is 24.4 Å². The highest BCUT2D eigenvalue weighted by Gasteiger charge is 2.47. The van der Waals surface area contributed by atoms with E-state index in [1.807, 2.05) is 9.80 Å². The molecule has 1 N–H and O–H groups in total. The van der Waals surface area contributed by atoms with Gasteiger partial charge in [0, 0.05) is 25.6 Å². The summed E-state index contributed by atoms with van der Waals surface area (Å²) in [5, 5.41) is 9.56. The maximum absolute atomic E-state index is 14.2. The Labute approximate surface area is 217 Å². The molecule has 9 heteroatoms. The van der Waals surface area contributed by atoms with Crippen molar-refractivity contribution in [2.75, 3.05) is 33.3 Å². The molecule has 0 radical (unpaired) electrons. The van der Waals surface area contributed by atoms with Crippen LogP contribution in [-0.4, -0.2) is 66.4 Å². The molecule has 3 rings (SSSR count). The molecule has 1 aliphatic rings. The zero-order chi connectivity index (χ0) is 26.9. The number of ether oxygens (including phenoxy) is 2. The van der Waals surface area contributed by atoms with E-state index in [9.17, 15) is 23.5 Å². The lowest BCUT2D eigenvalue weighted by Crippen LogP contribution is -2.42. The summed E-state index contributed by atoms with van der Waals surface area (Å²) < 4.78 is 38.5. The molecule has 0 aromatic heterocycles. The molecule has 1 heterocycles. The molecule has 7 nitrogen and oxygen atoms in total. The number of hydrogen-bond donors (Lipinski definition) is 1. The van der Waals surface area contributed by atoms with Crippen LogP contribution in [0.4, 0.5) is 13.6 Å². The number of carbonyl (C=O) groups excluding carboxylic acids is 1. The minimum atomic E-state index is -1.48. The first-order valence-corrected chi connectivity index (χ1v) is 12.8. The Bertz CT molecular complexity index is 1040. The molecule has 0 saturated carbocycles. The zero-order valence-corrected chi connectivity index (χ0v) is 21.7. The number of unbranched alkanes of at least 4 members (excludes halogenated alkanes) is 2. The van der Waals surface area contributed by atoms with E-state index in [0.717, 1.165) is 43.4 Å². The average Bonchev–Trinajstić information content (AvgIpc) is 3.22. The van der Waals surface area contributed by atoms with Gasteiger partial charge in [-0.25, -0.2) is 13.6 Å². The quantitative estimate of drug-likeness (QED) is 0.368. The third-order valence-corrected chi connectivity index (χ3v) is 6.85. The summed E-state index contributed by atoms with van der Waals surface area (Å²) in [5.74, 6) is -2.04. The van der Waals surface area contributed by atoms with Gasteiger partial charge in [0.1, 0.15) is 11.9 Å². The first-order chi connectivity index (χ1) is 17.8. The first-order valence-electron chi connectivity index (χ1n) is 12.8. The van der Waals surface area contributed by atoms with Gasteiger partial charge in [0.2, 0.25) is 5.91 Å². The Kier molecular flexibility index (Phi) is 10.3. The predicted octanol–water partition coefficient (Wildman–Crippen LogP) is 5.61. The maximum atomic E-state index is 14.2. The van der Waals surface area contributed by atoms with Crippen molar-refractivity contribution in [1.29, 1.82) is 0 Å². The monoisotopic (exact) mass is 518 g/mol. The molecule has 202 valence electrons. The van der Waals surface area contributed by atoms with Crippen LogP contribution in [-0.2, 0) is 9.53 Å². The summed E-state index contributed by atoms with van der Waals surface area (Å²) in [4.78, 5) is 28.9. The SMILES string of the molecule is CCCCN(CCCC)C(=O)CN1C[C@H](c2ccc(F)c(F)c2)[C@H](OC(=O)O)[C@H]1c1ccc(OC)cc1. The zero-order valence-electron chi connectivity index (χ0n) is 21.7. The summed E-state index contributed by atoms with van der Waals surface area (Å²) in [7, 11) is 1.55. The van der Waals surface area contributed by atoms with Gasteiger partial charge in [-0.1, -0.05) is 44.9 Å². The number of methoxy groups -OCH3 is 1. The second kappa shape index (κ2) is 13.4. The largest absolute Gasteiger partial charge is 0.506 e. The molecule has 0 aliphatic carbocycles.